The molecule has 0 radical (unpaired) electrons. The van der Waals surface area contributed by atoms with Gasteiger partial charge in [-0.05, 0) is 35.5 Å². The molecule has 0 aromatic carbocycles. The molecule has 2 aliphatic carbocycles. The van der Waals surface area contributed by atoms with Gasteiger partial charge in [-0.25, -0.2) is 0 Å². The summed E-state index contributed by atoms with van der Waals surface area (Å²) in [5.74, 6) is 0.704. The van der Waals surface area contributed by atoms with E-state index in [2.05, 4.69) is 41.5 Å². The van der Waals surface area contributed by atoms with E-state index in [1.807, 2.05) is 6.08 Å². The van der Waals surface area contributed by atoms with Gasteiger partial charge in [0.05, 0.1) is 6.10 Å². The molecule has 2 nitrogen and oxygen atoms in total. The van der Waals surface area contributed by atoms with Crippen molar-refractivity contribution in [1.29, 1.82) is 0 Å². The van der Waals surface area contributed by atoms with E-state index in [0.717, 1.165) is 12.8 Å². The number of allylic oxidation sites excluding steroid dienone is 1. The van der Waals surface area contributed by atoms with E-state index in [1.54, 1.807) is 0 Å². The topological polar surface area (TPSA) is 26.3 Å². The molecule has 0 heterocycles. The molecule has 2 aliphatic rings. The van der Waals surface area contributed by atoms with Crippen LogP contribution >= 0.6 is 0 Å². The largest absolute Gasteiger partial charge is 0.413 e. The Balaban J connectivity index is 2.21. The van der Waals surface area contributed by atoms with Crippen LogP contribution in [0.25, 0.3) is 0 Å². The molecule has 0 aliphatic heterocycles. The smallest absolute Gasteiger partial charge is 0.200 e. The lowest BCUT2D eigenvalue weighted by molar-refractivity contribution is -0.114. The van der Waals surface area contributed by atoms with Crippen molar-refractivity contribution in [1.82, 2.24) is 0 Å². The Morgan fingerprint density at radius 2 is 1.65 bits per heavy atom. The van der Waals surface area contributed by atoms with E-state index in [-0.39, 0.29) is 0 Å². The molecule has 2 atom stereocenters. The Morgan fingerprint density at radius 1 is 1.10 bits per heavy atom. The average Bonchev–Trinajstić information content (AvgIpc) is 2.84. The number of carbonyl (C=O) groups excluding carboxylic acids is 1. The van der Waals surface area contributed by atoms with Crippen LogP contribution < -0.4 is 0 Å². The molecular formula is C17H30O2Si. The summed E-state index contributed by atoms with van der Waals surface area (Å²) in [5, 5.41) is 0. The van der Waals surface area contributed by atoms with Crippen molar-refractivity contribution in [3.05, 3.63) is 11.6 Å². The van der Waals surface area contributed by atoms with Gasteiger partial charge in [-0.3, -0.25) is 4.79 Å². The molecule has 0 bridgehead atoms. The van der Waals surface area contributed by atoms with Gasteiger partial charge >= 0.3 is 0 Å². The Morgan fingerprint density at radius 3 is 2.15 bits per heavy atom. The number of hydrogen-bond donors (Lipinski definition) is 0. The molecule has 3 heteroatoms. The molecule has 0 unspecified atom stereocenters. The maximum absolute atomic E-state index is 11.6. The molecule has 0 N–H and O–H groups in total. The Hall–Kier alpha value is -0.413. The first-order chi connectivity index (χ1) is 9.29. The van der Waals surface area contributed by atoms with Crippen LogP contribution in [-0.2, 0) is 9.22 Å². The third-order valence-corrected chi connectivity index (χ3v) is 11.6. The number of rotatable bonds is 5. The summed E-state index contributed by atoms with van der Waals surface area (Å²) in [4.78, 5) is 11.6. The van der Waals surface area contributed by atoms with Gasteiger partial charge in [-0.1, -0.05) is 47.1 Å². The first-order valence-corrected chi connectivity index (χ1v) is 10.3. The Kier molecular flexibility index (Phi) is 4.60. The lowest BCUT2D eigenvalue weighted by atomic mass is 10.0. The highest BCUT2D eigenvalue weighted by molar-refractivity contribution is 6.77. The summed E-state index contributed by atoms with van der Waals surface area (Å²) in [6, 6.07) is 0. The summed E-state index contributed by atoms with van der Waals surface area (Å²) < 4.78 is 6.89. The van der Waals surface area contributed by atoms with Gasteiger partial charge < -0.3 is 4.43 Å². The van der Waals surface area contributed by atoms with Crippen molar-refractivity contribution in [2.24, 2.45) is 5.92 Å². The van der Waals surface area contributed by atoms with E-state index < -0.39 is 8.32 Å². The monoisotopic (exact) mass is 294 g/mol. The van der Waals surface area contributed by atoms with Gasteiger partial charge in [-0.15, -0.1) is 0 Å². The maximum atomic E-state index is 11.6. The van der Waals surface area contributed by atoms with Gasteiger partial charge in [0.25, 0.3) is 0 Å². The maximum Gasteiger partial charge on any atom is 0.200 e. The summed E-state index contributed by atoms with van der Waals surface area (Å²) in [5.41, 5.74) is 3.21. The van der Waals surface area contributed by atoms with Crippen molar-refractivity contribution in [3.63, 3.8) is 0 Å². The SMILES string of the molecule is CC(C)[Si](O[C@H]1CCC2=CC(=O)C[C@H]21)(C(C)C)C(C)C. The summed E-state index contributed by atoms with van der Waals surface area (Å²) in [6.45, 7) is 14.0. The second kappa shape index (κ2) is 5.76. The molecule has 114 valence electrons. The lowest BCUT2D eigenvalue weighted by Gasteiger charge is -2.45. The molecule has 0 aromatic rings. The molecule has 0 aromatic heterocycles. The zero-order chi connectivity index (χ0) is 15.1. The van der Waals surface area contributed by atoms with Crippen LogP contribution in [0.3, 0.4) is 0 Å². The van der Waals surface area contributed by atoms with Crippen LogP contribution in [0, 0.1) is 5.92 Å². The van der Waals surface area contributed by atoms with Crippen molar-refractivity contribution in [2.45, 2.75) is 83.5 Å². The van der Waals surface area contributed by atoms with E-state index in [0.29, 0.717) is 40.8 Å². The number of carbonyl (C=O) groups is 1. The molecular weight excluding hydrogens is 264 g/mol. The minimum atomic E-state index is -1.81. The first kappa shape index (κ1) is 16.0. The highest BCUT2D eigenvalue weighted by Gasteiger charge is 2.49. The average molecular weight is 295 g/mol. The minimum Gasteiger partial charge on any atom is -0.413 e. The van der Waals surface area contributed by atoms with Crippen LogP contribution in [0.15, 0.2) is 11.6 Å². The zero-order valence-electron chi connectivity index (χ0n) is 13.9. The van der Waals surface area contributed by atoms with E-state index in [9.17, 15) is 4.79 Å². The third-order valence-electron chi connectivity index (χ3n) is 5.47. The van der Waals surface area contributed by atoms with Gasteiger partial charge in [0.2, 0.25) is 8.32 Å². The highest BCUT2D eigenvalue weighted by Crippen LogP contribution is 2.48. The number of fused-ring (bicyclic) bond motifs is 1. The van der Waals surface area contributed by atoms with Crippen LogP contribution in [0.1, 0.15) is 60.8 Å². The van der Waals surface area contributed by atoms with Gasteiger partial charge in [0, 0.05) is 12.3 Å². The third kappa shape index (κ3) is 2.55. The van der Waals surface area contributed by atoms with Gasteiger partial charge in [-0.2, -0.15) is 0 Å². The second-order valence-corrected chi connectivity index (χ2v) is 12.9. The molecule has 0 saturated heterocycles. The molecule has 0 amide bonds. The molecule has 20 heavy (non-hydrogen) atoms. The van der Waals surface area contributed by atoms with Crippen LogP contribution in [0.4, 0.5) is 0 Å². The molecule has 0 spiro atoms. The van der Waals surface area contributed by atoms with Gasteiger partial charge in [0.1, 0.15) is 0 Å². The fourth-order valence-corrected chi connectivity index (χ4v) is 10.3. The molecule has 1 fully saturated rings. The van der Waals surface area contributed by atoms with E-state index >= 15 is 0 Å². The second-order valence-electron chi connectivity index (χ2n) is 7.51. The van der Waals surface area contributed by atoms with Gasteiger partial charge in [0.15, 0.2) is 5.78 Å². The van der Waals surface area contributed by atoms with Crippen molar-refractivity contribution in [3.8, 4) is 0 Å². The van der Waals surface area contributed by atoms with E-state index in [4.69, 9.17) is 4.43 Å². The fraction of sp³-hybridized carbons (Fsp3) is 0.824. The Bertz CT molecular complexity index is 387. The highest BCUT2D eigenvalue weighted by atomic mass is 28.4. The normalized spacial score (nSPS) is 26.9. The van der Waals surface area contributed by atoms with Crippen LogP contribution in [0.5, 0.6) is 0 Å². The standard InChI is InChI=1S/C17H30O2Si/c1-11(2)20(12(3)4,13(5)6)19-17-8-7-14-9-15(18)10-16(14)17/h9,11-13,16-17H,7-8,10H2,1-6H3/t16-,17+/m1/s1. The Labute approximate surface area is 125 Å². The first-order valence-electron chi connectivity index (χ1n) is 8.20. The predicted molar refractivity (Wildman–Crippen MR) is 86.4 cm³/mol. The number of ketones is 1. The zero-order valence-corrected chi connectivity index (χ0v) is 14.9. The lowest BCUT2D eigenvalue weighted by Crippen LogP contribution is -2.50. The quantitative estimate of drug-likeness (QED) is 0.677. The van der Waals surface area contributed by atoms with Crippen molar-refractivity contribution < 1.29 is 9.22 Å². The van der Waals surface area contributed by atoms with Crippen molar-refractivity contribution >= 4 is 14.1 Å². The minimum absolute atomic E-state index is 0.298. The number of hydrogen-bond acceptors (Lipinski definition) is 2. The van der Waals surface area contributed by atoms with Crippen molar-refractivity contribution in [2.75, 3.05) is 0 Å². The summed E-state index contributed by atoms with van der Waals surface area (Å²) >= 11 is 0. The molecule has 2 rings (SSSR count). The fourth-order valence-electron chi connectivity index (χ4n) is 4.67. The summed E-state index contributed by atoms with van der Waals surface area (Å²) in [7, 11) is -1.81. The summed E-state index contributed by atoms with van der Waals surface area (Å²) in [6.07, 6.45) is 5.06. The van der Waals surface area contributed by atoms with Crippen LogP contribution in [-0.4, -0.2) is 20.2 Å². The van der Waals surface area contributed by atoms with Crippen LogP contribution in [0.2, 0.25) is 16.6 Å². The molecule has 1 saturated carbocycles. The predicted octanol–water partition coefficient (Wildman–Crippen LogP) is 4.86. The van der Waals surface area contributed by atoms with E-state index in [1.165, 1.54) is 5.57 Å².